The summed E-state index contributed by atoms with van der Waals surface area (Å²) >= 11 is 3.51. The topological polar surface area (TPSA) is 32.8 Å². The molecule has 0 radical (unpaired) electrons. The number of amides is 1. The van der Waals surface area contributed by atoms with Crippen LogP contribution in [0.3, 0.4) is 0 Å². The van der Waals surface area contributed by atoms with E-state index in [9.17, 15) is 13.6 Å². The summed E-state index contributed by atoms with van der Waals surface area (Å²) in [6, 6.07) is 11.5. The normalized spacial score (nSPS) is 18.4. The maximum atomic E-state index is 13.6. The third-order valence-corrected chi connectivity index (χ3v) is 5.85. The van der Waals surface area contributed by atoms with Gasteiger partial charge in [-0.3, -0.25) is 4.79 Å². The number of hydrogen-bond acceptors (Lipinski definition) is 3. The van der Waals surface area contributed by atoms with E-state index in [2.05, 4.69) is 15.9 Å². The third-order valence-electron chi connectivity index (χ3n) is 5.39. The molecule has 0 atom stereocenters. The fourth-order valence-electron chi connectivity index (χ4n) is 3.86. The molecule has 1 amide bonds. The lowest BCUT2D eigenvalue weighted by atomic mass is 10.0. The van der Waals surface area contributed by atoms with E-state index in [1.165, 1.54) is 0 Å². The van der Waals surface area contributed by atoms with Crippen LogP contribution in [0.4, 0.5) is 14.5 Å². The number of rotatable bonds is 4. The number of halogens is 3. The Bertz CT molecular complexity index is 892. The highest BCUT2D eigenvalue weighted by molar-refractivity contribution is 9.10. The molecule has 0 saturated carbocycles. The van der Waals surface area contributed by atoms with Crippen LogP contribution in [-0.4, -0.2) is 36.9 Å². The number of piperidine rings is 1. The van der Waals surface area contributed by atoms with E-state index in [1.54, 1.807) is 12.0 Å². The van der Waals surface area contributed by atoms with Gasteiger partial charge in [-0.15, -0.1) is 0 Å². The molecule has 148 valence electrons. The molecule has 1 saturated heterocycles. The van der Waals surface area contributed by atoms with Crippen LogP contribution in [-0.2, 0) is 13.1 Å². The number of hydrogen-bond donors (Lipinski definition) is 0. The number of anilines is 1. The predicted octanol–water partition coefficient (Wildman–Crippen LogP) is 4.85. The first-order chi connectivity index (χ1) is 13.4. The zero-order chi connectivity index (χ0) is 19.9. The van der Waals surface area contributed by atoms with Gasteiger partial charge in [-0.2, -0.15) is 0 Å². The highest BCUT2D eigenvalue weighted by Gasteiger charge is 2.37. The van der Waals surface area contributed by atoms with Crippen molar-refractivity contribution in [3.8, 4) is 5.75 Å². The average molecular weight is 451 g/mol. The first kappa shape index (κ1) is 19.2. The zero-order valence-corrected chi connectivity index (χ0v) is 17.1. The predicted molar refractivity (Wildman–Crippen MR) is 107 cm³/mol. The molecule has 0 aromatic heterocycles. The lowest BCUT2D eigenvalue weighted by Crippen LogP contribution is -2.40. The van der Waals surface area contributed by atoms with Gasteiger partial charge >= 0.3 is 0 Å². The van der Waals surface area contributed by atoms with Gasteiger partial charge in [-0.1, -0.05) is 28.1 Å². The quantitative estimate of drug-likeness (QED) is 0.667. The summed E-state index contributed by atoms with van der Waals surface area (Å²) < 4.78 is 33.2. The lowest BCUT2D eigenvalue weighted by molar-refractivity contribution is -0.0220. The Morgan fingerprint density at radius 3 is 2.46 bits per heavy atom. The molecule has 2 aromatic rings. The highest BCUT2D eigenvalue weighted by atomic mass is 79.9. The number of alkyl halides is 2. The summed E-state index contributed by atoms with van der Waals surface area (Å²) in [5.74, 6) is -1.89. The van der Waals surface area contributed by atoms with Gasteiger partial charge in [-0.25, -0.2) is 8.78 Å². The SMILES string of the molecule is COc1ccc(CN2Cc3cc(Br)cc(N4CCC(F)(F)CC4)c3C2=O)cc1. The third kappa shape index (κ3) is 3.72. The molecule has 1 fully saturated rings. The maximum absolute atomic E-state index is 13.6. The fraction of sp³-hybridized carbons (Fsp3) is 0.381. The number of methoxy groups -OCH3 is 1. The minimum atomic E-state index is -2.61. The molecule has 0 aliphatic carbocycles. The molecule has 0 bridgehead atoms. The lowest BCUT2D eigenvalue weighted by Gasteiger charge is -2.34. The molecule has 2 heterocycles. The minimum absolute atomic E-state index is 0.0503. The monoisotopic (exact) mass is 450 g/mol. The first-order valence-corrected chi connectivity index (χ1v) is 10.0. The Morgan fingerprint density at radius 1 is 1.14 bits per heavy atom. The second-order valence-electron chi connectivity index (χ2n) is 7.31. The molecule has 7 heteroatoms. The number of benzene rings is 2. The second-order valence-corrected chi connectivity index (χ2v) is 8.23. The van der Waals surface area contributed by atoms with E-state index in [0.717, 1.165) is 27.0 Å². The Kier molecular flexibility index (Phi) is 5.04. The molecule has 0 unspecified atom stereocenters. The van der Waals surface area contributed by atoms with E-state index in [0.29, 0.717) is 18.7 Å². The number of fused-ring (bicyclic) bond motifs is 1. The van der Waals surface area contributed by atoms with Crippen molar-refractivity contribution in [2.24, 2.45) is 0 Å². The summed E-state index contributed by atoms with van der Waals surface area (Å²) in [7, 11) is 1.62. The summed E-state index contributed by atoms with van der Waals surface area (Å²) in [4.78, 5) is 16.8. The van der Waals surface area contributed by atoms with Crippen LogP contribution < -0.4 is 9.64 Å². The molecular formula is C21H21BrF2N2O2. The van der Waals surface area contributed by atoms with Gasteiger partial charge in [0, 0.05) is 43.5 Å². The Labute approximate surface area is 171 Å². The van der Waals surface area contributed by atoms with Crippen LogP contribution in [0.5, 0.6) is 5.75 Å². The molecule has 4 nitrogen and oxygen atoms in total. The zero-order valence-electron chi connectivity index (χ0n) is 15.6. The molecule has 2 aliphatic heterocycles. The molecular weight excluding hydrogens is 430 g/mol. The number of ether oxygens (including phenoxy) is 1. The van der Waals surface area contributed by atoms with Gasteiger partial charge in [0.05, 0.1) is 18.4 Å². The van der Waals surface area contributed by atoms with Crippen molar-refractivity contribution in [1.29, 1.82) is 0 Å². The van der Waals surface area contributed by atoms with Crippen LogP contribution in [0, 0.1) is 0 Å². The van der Waals surface area contributed by atoms with E-state index >= 15 is 0 Å². The molecule has 2 aromatic carbocycles. The molecule has 2 aliphatic rings. The second kappa shape index (κ2) is 7.35. The summed E-state index contributed by atoms with van der Waals surface area (Å²) in [6.07, 6.45) is -0.365. The fourth-order valence-corrected chi connectivity index (χ4v) is 4.35. The van der Waals surface area contributed by atoms with E-state index < -0.39 is 5.92 Å². The van der Waals surface area contributed by atoms with Crippen LogP contribution in [0.15, 0.2) is 40.9 Å². The van der Waals surface area contributed by atoms with Crippen molar-refractivity contribution in [2.45, 2.75) is 31.9 Å². The Balaban J connectivity index is 1.58. The maximum Gasteiger partial charge on any atom is 0.256 e. The van der Waals surface area contributed by atoms with Gasteiger partial charge in [0.2, 0.25) is 0 Å². The Morgan fingerprint density at radius 2 is 1.82 bits per heavy atom. The van der Waals surface area contributed by atoms with Gasteiger partial charge in [0.25, 0.3) is 11.8 Å². The van der Waals surface area contributed by atoms with E-state index in [1.807, 2.05) is 41.3 Å². The first-order valence-electron chi connectivity index (χ1n) is 9.24. The van der Waals surface area contributed by atoms with Gasteiger partial charge < -0.3 is 14.5 Å². The van der Waals surface area contributed by atoms with Crippen molar-refractivity contribution in [1.82, 2.24) is 4.90 Å². The molecule has 0 spiro atoms. The molecule has 28 heavy (non-hydrogen) atoms. The van der Waals surface area contributed by atoms with Gasteiger partial charge in [0.15, 0.2) is 0 Å². The summed E-state index contributed by atoms with van der Waals surface area (Å²) in [5, 5.41) is 0. The molecule has 0 N–H and O–H groups in total. The standard InChI is InChI=1S/C21H21BrF2N2O2/c1-28-17-4-2-14(3-5-17)12-26-13-15-10-16(22)11-18(19(15)20(26)27)25-8-6-21(23,24)7-9-25/h2-5,10-11H,6-9,12-13H2,1H3. The van der Waals surface area contributed by atoms with Crippen molar-refractivity contribution in [2.75, 3.05) is 25.1 Å². The molecule has 4 rings (SSSR count). The average Bonchev–Trinajstić information content (AvgIpc) is 2.97. The van der Waals surface area contributed by atoms with E-state index in [-0.39, 0.29) is 31.8 Å². The number of carbonyl (C=O) groups is 1. The van der Waals surface area contributed by atoms with Crippen LogP contribution in [0.2, 0.25) is 0 Å². The van der Waals surface area contributed by atoms with Gasteiger partial charge in [0.1, 0.15) is 5.75 Å². The summed E-state index contributed by atoms with van der Waals surface area (Å²) in [5.41, 5.74) is 3.34. The number of nitrogens with zero attached hydrogens (tertiary/aromatic N) is 2. The van der Waals surface area contributed by atoms with Crippen molar-refractivity contribution in [3.63, 3.8) is 0 Å². The summed E-state index contributed by atoms with van der Waals surface area (Å²) in [6.45, 7) is 1.51. The highest BCUT2D eigenvalue weighted by Crippen LogP contribution is 2.38. The van der Waals surface area contributed by atoms with Crippen molar-refractivity contribution in [3.05, 3.63) is 57.6 Å². The van der Waals surface area contributed by atoms with Crippen LogP contribution >= 0.6 is 15.9 Å². The smallest absolute Gasteiger partial charge is 0.256 e. The van der Waals surface area contributed by atoms with E-state index in [4.69, 9.17) is 4.74 Å². The largest absolute Gasteiger partial charge is 0.497 e. The van der Waals surface area contributed by atoms with Crippen LogP contribution in [0.25, 0.3) is 0 Å². The minimum Gasteiger partial charge on any atom is -0.497 e. The van der Waals surface area contributed by atoms with Crippen LogP contribution in [0.1, 0.15) is 34.3 Å². The van der Waals surface area contributed by atoms with Crippen molar-refractivity contribution < 1.29 is 18.3 Å². The van der Waals surface area contributed by atoms with Crippen molar-refractivity contribution >= 4 is 27.5 Å². The number of carbonyl (C=O) groups excluding carboxylic acids is 1. The van der Waals surface area contributed by atoms with Gasteiger partial charge in [-0.05, 0) is 35.4 Å². The Hall–Kier alpha value is -2.15.